The Labute approximate surface area is 133 Å². The van der Waals surface area contributed by atoms with Crippen LogP contribution in [0.25, 0.3) is 0 Å². The Morgan fingerprint density at radius 2 is 1.86 bits per heavy atom. The van der Waals surface area contributed by atoms with Gasteiger partial charge in [-0.15, -0.1) is 0 Å². The van der Waals surface area contributed by atoms with Crippen molar-refractivity contribution in [1.29, 1.82) is 0 Å². The highest BCUT2D eigenvalue weighted by Crippen LogP contribution is 2.23. The van der Waals surface area contributed by atoms with Crippen molar-refractivity contribution in [2.75, 3.05) is 18.6 Å². The number of rotatable bonds is 5. The molecule has 1 atom stereocenters. The molecule has 0 saturated carbocycles. The van der Waals surface area contributed by atoms with Gasteiger partial charge in [-0.05, 0) is 62.8 Å². The maximum Gasteiger partial charge on any atom is 0.254 e. The highest BCUT2D eigenvalue weighted by atomic mass is 32.2. The zero-order chi connectivity index (χ0) is 16.3. The van der Waals surface area contributed by atoms with E-state index in [1.807, 2.05) is 19.1 Å². The smallest absolute Gasteiger partial charge is 0.254 e. The minimum atomic E-state index is -3.10. The summed E-state index contributed by atoms with van der Waals surface area (Å²) in [5.74, 6) is -0.0793. The van der Waals surface area contributed by atoms with Gasteiger partial charge < -0.3 is 4.90 Å². The summed E-state index contributed by atoms with van der Waals surface area (Å²) in [6, 6.07) is 5.61. The van der Waals surface area contributed by atoms with E-state index in [2.05, 4.69) is 6.07 Å². The van der Waals surface area contributed by atoms with Gasteiger partial charge in [0.05, 0.1) is 5.75 Å². The second-order valence-corrected chi connectivity index (χ2v) is 8.41. The first-order valence-electron chi connectivity index (χ1n) is 7.92. The van der Waals surface area contributed by atoms with Crippen LogP contribution in [0.4, 0.5) is 0 Å². The van der Waals surface area contributed by atoms with Crippen molar-refractivity contribution in [3.8, 4) is 0 Å². The summed E-state index contributed by atoms with van der Waals surface area (Å²) in [6.45, 7) is 4.18. The number of sulfone groups is 1. The van der Waals surface area contributed by atoms with Crippen LogP contribution in [0, 0.1) is 0 Å². The van der Waals surface area contributed by atoms with Crippen molar-refractivity contribution >= 4 is 15.7 Å². The van der Waals surface area contributed by atoms with E-state index in [-0.39, 0.29) is 17.7 Å². The number of hydrogen-bond donors (Lipinski definition) is 0. The van der Waals surface area contributed by atoms with Gasteiger partial charge in [0.1, 0.15) is 9.84 Å². The maximum atomic E-state index is 12.7. The van der Waals surface area contributed by atoms with Crippen molar-refractivity contribution in [2.45, 2.75) is 45.6 Å². The topological polar surface area (TPSA) is 54.5 Å². The van der Waals surface area contributed by atoms with Crippen molar-refractivity contribution in [3.05, 3.63) is 34.9 Å². The van der Waals surface area contributed by atoms with Crippen molar-refractivity contribution < 1.29 is 13.2 Å². The number of benzene rings is 1. The third-order valence-corrected chi connectivity index (χ3v) is 5.36. The Morgan fingerprint density at radius 1 is 1.23 bits per heavy atom. The first-order chi connectivity index (χ1) is 10.3. The van der Waals surface area contributed by atoms with E-state index in [1.54, 1.807) is 11.8 Å². The normalized spacial score (nSPS) is 16.0. The Morgan fingerprint density at radius 3 is 2.45 bits per heavy atom. The molecule has 0 saturated heterocycles. The van der Waals surface area contributed by atoms with Gasteiger partial charge >= 0.3 is 0 Å². The Kier molecular flexibility index (Phi) is 5.27. The molecule has 0 unspecified atom stereocenters. The van der Waals surface area contributed by atoms with Gasteiger partial charge in [-0.2, -0.15) is 0 Å². The van der Waals surface area contributed by atoms with Crippen LogP contribution in [-0.4, -0.2) is 43.8 Å². The molecule has 4 nitrogen and oxygen atoms in total. The summed E-state index contributed by atoms with van der Waals surface area (Å²) in [6.07, 6.45) is 5.72. The minimum Gasteiger partial charge on any atom is -0.335 e. The first kappa shape index (κ1) is 17.0. The molecule has 2 rings (SSSR count). The molecule has 0 radical (unpaired) electrons. The zero-order valence-electron chi connectivity index (χ0n) is 13.6. The third-order valence-electron chi connectivity index (χ3n) is 4.27. The molecule has 0 aromatic heterocycles. The van der Waals surface area contributed by atoms with Crippen LogP contribution < -0.4 is 0 Å². The molecule has 0 heterocycles. The quantitative estimate of drug-likeness (QED) is 0.836. The molecule has 1 aromatic carbocycles. The lowest BCUT2D eigenvalue weighted by Gasteiger charge is -2.28. The summed E-state index contributed by atoms with van der Waals surface area (Å²) >= 11 is 0. The average Bonchev–Trinajstić information content (AvgIpc) is 2.45. The lowest BCUT2D eigenvalue weighted by Crippen LogP contribution is -2.42. The SMILES string of the molecule is CCN(C(=O)c1ccc2c(c1)CCCC2)[C@H](C)CS(C)(=O)=O. The van der Waals surface area contributed by atoms with Gasteiger partial charge in [-0.3, -0.25) is 4.79 Å². The van der Waals surface area contributed by atoms with Crippen molar-refractivity contribution in [2.24, 2.45) is 0 Å². The lowest BCUT2D eigenvalue weighted by molar-refractivity contribution is 0.0719. The molecule has 1 aliphatic rings. The standard InChI is InChI=1S/C17H25NO3S/c1-4-18(13(2)12-22(3,20)21)17(19)16-10-9-14-7-5-6-8-15(14)11-16/h9-11,13H,4-8,12H2,1-3H3/t13-/m1/s1. The van der Waals surface area contributed by atoms with E-state index in [9.17, 15) is 13.2 Å². The highest BCUT2D eigenvalue weighted by Gasteiger charge is 2.23. The maximum absolute atomic E-state index is 12.7. The molecule has 0 fully saturated rings. The van der Waals surface area contributed by atoms with E-state index in [1.165, 1.54) is 30.2 Å². The Balaban J connectivity index is 2.21. The third kappa shape index (κ3) is 4.09. The second-order valence-electron chi connectivity index (χ2n) is 6.22. The molecule has 22 heavy (non-hydrogen) atoms. The molecular weight excluding hydrogens is 298 g/mol. The molecule has 0 spiro atoms. The molecule has 1 aromatic rings. The molecule has 1 aliphatic carbocycles. The number of hydrogen-bond acceptors (Lipinski definition) is 3. The largest absolute Gasteiger partial charge is 0.335 e. The fourth-order valence-electron chi connectivity index (χ4n) is 3.22. The van der Waals surface area contributed by atoms with Crippen LogP contribution in [-0.2, 0) is 22.7 Å². The van der Waals surface area contributed by atoms with E-state index >= 15 is 0 Å². The molecule has 122 valence electrons. The van der Waals surface area contributed by atoms with Crippen LogP contribution in [0.2, 0.25) is 0 Å². The molecule has 5 heteroatoms. The minimum absolute atomic E-state index is 0.00246. The average molecular weight is 323 g/mol. The van der Waals surface area contributed by atoms with Gasteiger partial charge in [-0.1, -0.05) is 6.07 Å². The van der Waals surface area contributed by atoms with E-state index in [0.717, 1.165) is 12.8 Å². The number of nitrogens with zero attached hydrogens (tertiary/aromatic N) is 1. The van der Waals surface area contributed by atoms with E-state index in [0.29, 0.717) is 12.1 Å². The van der Waals surface area contributed by atoms with E-state index < -0.39 is 9.84 Å². The van der Waals surface area contributed by atoms with Gasteiger partial charge in [0.2, 0.25) is 0 Å². The van der Waals surface area contributed by atoms with Gasteiger partial charge in [0.25, 0.3) is 5.91 Å². The van der Waals surface area contributed by atoms with Gasteiger partial charge in [0, 0.05) is 24.4 Å². The molecule has 0 bridgehead atoms. The summed E-state index contributed by atoms with van der Waals surface area (Å²) < 4.78 is 22.9. The van der Waals surface area contributed by atoms with Crippen LogP contribution in [0.15, 0.2) is 18.2 Å². The van der Waals surface area contributed by atoms with Gasteiger partial charge in [0.15, 0.2) is 0 Å². The fourth-order valence-corrected chi connectivity index (χ4v) is 4.27. The summed E-state index contributed by atoms with van der Waals surface area (Å²) in [5.41, 5.74) is 3.28. The van der Waals surface area contributed by atoms with Crippen LogP contribution in [0.3, 0.4) is 0 Å². The van der Waals surface area contributed by atoms with Gasteiger partial charge in [-0.25, -0.2) is 8.42 Å². The predicted octanol–water partition coefficient (Wildman–Crippen LogP) is 2.46. The summed E-state index contributed by atoms with van der Waals surface area (Å²) in [4.78, 5) is 14.4. The lowest BCUT2D eigenvalue weighted by atomic mass is 9.90. The number of aryl methyl sites for hydroxylation is 2. The number of fused-ring (bicyclic) bond motifs is 1. The fraction of sp³-hybridized carbons (Fsp3) is 0.588. The molecule has 1 amide bonds. The number of carbonyl (C=O) groups excluding carboxylic acids is 1. The monoisotopic (exact) mass is 323 g/mol. The Bertz CT molecular complexity index is 652. The second kappa shape index (κ2) is 6.82. The predicted molar refractivity (Wildman–Crippen MR) is 89.0 cm³/mol. The first-order valence-corrected chi connectivity index (χ1v) is 9.98. The van der Waals surface area contributed by atoms with Crippen molar-refractivity contribution in [3.63, 3.8) is 0 Å². The van der Waals surface area contributed by atoms with Crippen LogP contribution in [0.1, 0.15) is 48.2 Å². The highest BCUT2D eigenvalue weighted by molar-refractivity contribution is 7.90. The number of carbonyl (C=O) groups is 1. The summed E-state index contributed by atoms with van der Waals surface area (Å²) in [7, 11) is -3.10. The number of amides is 1. The van der Waals surface area contributed by atoms with E-state index in [4.69, 9.17) is 0 Å². The van der Waals surface area contributed by atoms with Crippen molar-refractivity contribution in [1.82, 2.24) is 4.90 Å². The summed E-state index contributed by atoms with van der Waals surface area (Å²) in [5, 5.41) is 0. The Hall–Kier alpha value is -1.36. The molecular formula is C17H25NO3S. The zero-order valence-corrected chi connectivity index (χ0v) is 14.4. The van der Waals surface area contributed by atoms with Crippen LogP contribution >= 0.6 is 0 Å². The molecule has 0 aliphatic heterocycles. The molecule has 0 N–H and O–H groups in total. The van der Waals surface area contributed by atoms with Crippen LogP contribution in [0.5, 0.6) is 0 Å².